The van der Waals surface area contributed by atoms with Crippen molar-refractivity contribution in [1.29, 1.82) is 0 Å². The summed E-state index contributed by atoms with van der Waals surface area (Å²) in [5.41, 5.74) is 0. The molecule has 3 rings (SSSR count). The SMILES string of the molecule is CCc1nc([C@@H]2CCCN2Cc2nnc(CC)o2)no1. The third kappa shape index (κ3) is 2.58. The molecule has 0 unspecified atom stereocenters. The quantitative estimate of drug-likeness (QED) is 0.825. The molecular weight excluding hydrogens is 258 g/mol. The van der Waals surface area contributed by atoms with Crippen LogP contribution in [0.15, 0.2) is 8.94 Å². The summed E-state index contributed by atoms with van der Waals surface area (Å²) in [4.78, 5) is 6.71. The van der Waals surface area contributed by atoms with Gasteiger partial charge in [-0.3, -0.25) is 4.90 Å². The number of aryl methyl sites for hydroxylation is 2. The molecule has 0 N–H and O–H groups in total. The van der Waals surface area contributed by atoms with Gasteiger partial charge in [-0.15, -0.1) is 10.2 Å². The average Bonchev–Trinajstić information content (AvgIpc) is 3.18. The second kappa shape index (κ2) is 5.70. The normalized spacial score (nSPS) is 19.8. The maximum absolute atomic E-state index is 5.58. The second-order valence-corrected chi connectivity index (χ2v) is 4.97. The lowest BCUT2D eigenvalue weighted by molar-refractivity contribution is 0.210. The summed E-state index contributed by atoms with van der Waals surface area (Å²) < 4.78 is 10.8. The molecule has 1 aliphatic rings. The van der Waals surface area contributed by atoms with Crippen molar-refractivity contribution in [2.75, 3.05) is 6.54 Å². The van der Waals surface area contributed by atoms with Crippen molar-refractivity contribution >= 4 is 0 Å². The first-order chi connectivity index (χ1) is 9.80. The van der Waals surface area contributed by atoms with E-state index in [1.54, 1.807) is 0 Å². The van der Waals surface area contributed by atoms with Crippen molar-refractivity contribution in [1.82, 2.24) is 25.2 Å². The molecule has 0 spiro atoms. The van der Waals surface area contributed by atoms with Crippen LogP contribution < -0.4 is 0 Å². The molecule has 20 heavy (non-hydrogen) atoms. The van der Waals surface area contributed by atoms with E-state index in [2.05, 4.69) is 25.2 Å². The van der Waals surface area contributed by atoms with E-state index in [9.17, 15) is 0 Å². The molecule has 1 aliphatic heterocycles. The van der Waals surface area contributed by atoms with Crippen LogP contribution in [0.5, 0.6) is 0 Å². The minimum Gasteiger partial charge on any atom is -0.424 e. The fourth-order valence-corrected chi connectivity index (χ4v) is 2.52. The van der Waals surface area contributed by atoms with Gasteiger partial charge in [0.1, 0.15) is 0 Å². The van der Waals surface area contributed by atoms with Crippen LogP contribution >= 0.6 is 0 Å². The molecule has 0 aromatic carbocycles. The average molecular weight is 277 g/mol. The van der Waals surface area contributed by atoms with Crippen LogP contribution in [-0.2, 0) is 19.4 Å². The first-order valence-electron chi connectivity index (χ1n) is 7.18. The fraction of sp³-hybridized carbons (Fsp3) is 0.692. The van der Waals surface area contributed by atoms with Crippen molar-refractivity contribution in [2.45, 2.75) is 52.1 Å². The summed E-state index contributed by atoms with van der Waals surface area (Å²) in [5, 5.41) is 12.2. The largest absolute Gasteiger partial charge is 0.424 e. The summed E-state index contributed by atoms with van der Waals surface area (Å²) in [6.45, 7) is 5.65. The van der Waals surface area contributed by atoms with Gasteiger partial charge in [0.25, 0.3) is 0 Å². The monoisotopic (exact) mass is 277 g/mol. The molecule has 0 aliphatic carbocycles. The molecule has 7 heteroatoms. The van der Waals surface area contributed by atoms with E-state index < -0.39 is 0 Å². The summed E-state index contributed by atoms with van der Waals surface area (Å²) in [6.07, 6.45) is 3.69. The Labute approximate surface area is 117 Å². The van der Waals surface area contributed by atoms with Crippen LogP contribution in [0.25, 0.3) is 0 Å². The van der Waals surface area contributed by atoms with Gasteiger partial charge in [0.05, 0.1) is 12.6 Å². The van der Waals surface area contributed by atoms with E-state index in [0.29, 0.717) is 24.2 Å². The standard InChI is InChI=1S/C13H19N5O2/c1-3-10-14-13(17-20-10)9-6-5-7-18(9)8-12-16-15-11(4-2)19-12/h9H,3-8H2,1-2H3/t9-/m0/s1. The minimum absolute atomic E-state index is 0.191. The lowest BCUT2D eigenvalue weighted by Gasteiger charge is -2.19. The lowest BCUT2D eigenvalue weighted by atomic mass is 10.2. The number of hydrogen-bond acceptors (Lipinski definition) is 7. The van der Waals surface area contributed by atoms with E-state index in [1.165, 1.54) is 0 Å². The highest BCUT2D eigenvalue weighted by molar-refractivity contribution is 4.99. The molecule has 108 valence electrons. The van der Waals surface area contributed by atoms with Crippen LogP contribution in [0.3, 0.4) is 0 Å². The molecule has 2 aromatic heterocycles. The Morgan fingerprint density at radius 3 is 2.65 bits per heavy atom. The first-order valence-corrected chi connectivity index (χ1v) is 7.18. The molecule has 0 bridgehead atoms. The summed E-state index contributed by atoms with van der Waals surface area (Å²) in [6, 6.07) is 0.191. The van der Waals surface area contributed by atoms with Gasteiger partial charge >= 0.3 is 0 Å². The molecule has 0 radical (unpaired) electrons. The van der Waals surface area contributed by atoms with Crippen LogP contribution in [0.2, 0.25) is 0 Å². The third-order valence-electron chi connectivity index (χ3n) is 3.60. The van der Waals surface area contributed by atoms with Gasteiger partial charge < -0.3 is 8.94 Å². The predicted octanol–water partition coefficient (Wildman–Crippen LogP) is 1.91. The number of rotatable bonds is 5. The van der Waals surface area contributed by atoms with E-state index in [4.69, 9.17) is 8.94 Å². The fourth-order valence-electron chi connectivity index (χ4n) is 2.52. The van der Waals surface area contributed by atoms with Crippen molar-refractivity contribution in [3.63, 3.8) is 0 Å². The highest BCUT2D eigenvalue weighted by atomic mass is 16.5. The predicted molar refractivity (Wildman–Crippen MR) is 69.7 cm³/mol. The third-order valence-corrected chi connectivity index (χ3v) is 3.60. The van der Waals surface area contributed by atoms with Gasteiger partial charge in [0.15, 0.2) is 5.82 Å². The lowest BCUT2D eigenvalue weighted by Crippen LogP contribution is -2.23. The number of nitrogens with zero attached hydrogens (tertiary/aromatic N) is 5. The van der Waals surface area contributed by atoms with Gasteiger partial charge in [-0.1, -0.05) is 19.0 Å². The Bertz CT molecular complexity index is 565. The van der Waals surface area contributed by atoms with Crippen LogP contribution in [-0.4, -0.2) is 31.8 Å². The van der Waals surface area contributed by atoms with E-state index >= 15 is 0 Å². The van der Waals surface area contributed by atoms with E-state index in [1.807, 2.05) is 13.8 Å². The van der Waals surface area contributed by atoms with Crippen LogP contribution in [0, 0.1) is 0 Å². The zero-order valence-corrected chi connectivity index (χ0v) is 11.9. The molecule has 1 fully saturated rings. The number of hydrogen-bond donors (Lipinski definition) is 0. The molecule has 7 nitrogen and oxygen atoms in total. The van der Waals surface area contributed by atoms with Crippen molar-refractivity contribution in [3.05, 3.63) is 23.5 Å². The number of likely N-dealkylation sites (tertiary alicyclic amines) is 1. The molecule has 1 atom stereocenters. The van der Waals surface area contributed by atoms with Gasteiger partial charge in [-0.25, -0.2) is 0 Å². The Kier molecular flexibility index (Phi) is 3.77. The van der Waals surface area contributed by atoms with E-state index in [-0.39, 0.29) is 6.04 Å². The highest BCUT2D eigenvalue weighted by Gasteiger charge is 2.31. The van der Waals surface area contributed by atoms with Crippen molar-refractivity contribution < 1.29 is 8.94 Å². The number of aromatic nitrogens is 4. The summed E-state index contributed by atoms with van der Waals surface area (Å²) >= 11 is 0. The van der Waals surface area contributed by atoms with Crippen LogP contribution in [0.1, 0.15) is 56.2 Å². The Hall–Kier alpha value is -1.76. The maximum atomic E-state index is 5.58. The summed E-state index contributed by atoms with van der Waals surface area (Å²) in [5.74, 6) is 2.81. The smallest absolute Gasteiger partial charge is 0.230 e. The molecule has 3 heterocycles. The van der Waals surface area contributed by atoms with E-state index in [0.717, 1.165) is 38.1 Å². The second-order valence-electron chi connectivity index (χ2n) is 4.97. The Morgan fingerprint density at radius 2 is 1.95 bits per heavy atom. The summed E-state index contributed by atoms with van der Waals surface area (Å²) in [7, 11) is 0. The van der Waals surface area contributed by atoms with Crippen molar-refractivity contribution in [3.8, 4) is 0 Å². The molecule has 0 saturated carbocycles. The van der Waals surface area contributed by atoms with Gasteiger partial charge in [-0.05, 0) is 19.4 Å². The maximum Gasteiger partial charge on any atom is 0.230 e. The Balaban J connectivity index is 1.71. The molecule has 2 aromatic rings. The zero-order valence-electron chi connectivity index (χ0n) is 11.9. The topological polar surface area (TPSA) is 81.1 Å². The van der Waals surface area contributed by atoms with Crippen molar-refractivity contribution in [2.24, 2.45) is 0 Å². The molecular formula is C13H19N5O2. The Morgan fingerprint density at radius 1 is 1.15 bits per heavy atom. The highest BCUT2D eigenvalue weighted by Crippen LogP contribution is 2.31. The van der Waals surface area contributed by atoms with Gasteiger partial charge in [0, 0.05) is 12.8 Å². The van der Waals surface area contributed by atoms with Crippen LogP contribution in [0.4, 0.5) is 0 Å². The molecule has 0 amide bonds. The van der Waals surface area contributed by atoms with Gasteiger partial charge in [-0.2, -0.15) is 4.98 Å². The van der Waals surface area contributed by atoms with Gasteiger partial charge in [0.2, 0.25) is 17.7 Å². The minimum atomic E-state index is 0.191. The zero-order chi connectivity index (χ0) is 13.9. The first kappa shape index (κ1) is 13.2. The molecule has 1 saturated heterocycles.